The van der Waals surface area contributed by atoms with E-state index in [0.717, 1.165) is 17.4 Å². The first-order valence-electron chi connectivity index (χ1n) is 9.13. The van der Waals surface area contributed by atoms with E-state index in [1.807, 2.05) is 0 Å². The number of H-pyrrole nitrogens is 2. The smallest absolute Gasteiger partial charge is 0.323 e. The summed E-state index contributed by atoms with van der Waals surface area (Å²) in [6.45, 7) is 1.14. The van der Waals surface area contributed by atoms with Crippen molar-refractivity contribution in [3.63, 3.8) is 0 Å². The minimum atomic E-state index is -0.269. The number of anilines is 1. The maximum Gasteiger partial charge on any atom is 0.323 e. The molecule has 0 aliphatic carbocycles. The van der Waals surface area contributed by atoms with E-state index in [9.17, 15) is 9.59 Å². The monoisotopic (exact) mass is 488 g/mol. The first-order valence-corrected chi connectivity index (χ1v) is 11.7. The van der Waals surface area contributed by atoms with Gasteiger partial charge in [-0.1, -0.05) is 6.07 Å². The van der Waals surface area contributed by atoms with Crippen LogP contribution in [0, 0.1) is 0 Å². The third kappa shape index (κ3) is 3.59. The van der Waals surface area contributed by atoms with Crippen molar-refractivity contribution in [1.82, 2.24) is 14.9 Å². The van der Waals surface area contributed by atoms with Crippen LogP contribution in [0.5, 0.6) is 0 Å². The van der Waals surface area contributed by atoms with Crippen LogP contribution in [0.4, 0.5) is 5.69 Å². The number of aromatic amines is 2. The highest BCUT2D eigenvalue weighted by Crippen LogP contribution is 2.39. The molecule has 0 unspecified atom stereocenters. The molecule has 3 aromatic heterocycles. The molecular formula is C20H17BrN4O2S2. The van der Waals surface area contributed by atoms with Gasteiger partial charge in [-0.2, -0.15) is 0 Å². The van der Waals surface area contributed by atoms with Crippen LogP contribution in [-0.2, 0) is 11.2 Å². The number of thiophene rings is 2. The second kappa shape index (κ2) is 7.56. The fraction of sp³-hybridized carbons (Fsp3) is 0.200. The van der Waals surface area contributed by atoms with Crippen molar-refractivity contribution in [3.8, 4) is 0 Å². The highest BCUT2D eigenvalue weighted by molar-refractivity contribution is 9.10. The molecule has 0 spiro atoms. The number of rotatable bonds is 4. The zero-order valence-corrected chi connectivity index (χ0v) is 18.4. The Hall–Kier alpha value is -2.20. The SMILES string of the molecule is O=C(CN1CCc2sccc2[C@@H]1c1cccs1)Nc1cc2[nH]c(=O)[nH]c2cc1Br. The minimum Gasteiger partial charge on any atom is -0.324 e. The van der Waals surface area contributed by atoms with Crippen LogP contribution in [0.2, 0.25) is 0 Å². The largest absolute Gasteiger partial charge is 0.324 e. The topological polar surface area (TPSA) is 81.0 Å². The molecule has 0 bridgehead atoms. The Morgan fingerprint density at radius 2 is 2.03 bits per heavy atom. The van der Waals surface area contributed by atoms with Gasteiger partial charge in [0.05, 0.1) is 29.3 Å². The molecule has 0 saturated heterocycles. The number of aromatic nitrogens is 2. The lowest BCUT2D eigenvalue weighted by Gasteiger charge is -2.34. The number of nitrogens with zero attached hydrogens (tertiary/aromatic N) is 1. The van der Waals surface area contributed by atoms with E-state index < -0.39 is 0 Å². The summed E-state index contributed by atoms with van der Waals surface area (Å²) in [4.78, 5) is 34.7. The predicted molar refractivity (Wildman–Crippen MR) is 121 cm³/mol. The van der Waals surface area contributed by atoms with Gasteiger partial charge in [0.1, 0.15) is 0 Å². The van der Waals surface area contributed by atoms with Gasteiger partial charge in [0.25, 0.3) is 0 Å². The summed E-state index contributed by atoms with van der Waals surface area (Å²) >= 11 is 7.00. The molecule has 148 valence electrons. The number of nitrogens with one attached hydrogen (secondary N) is 3. The Balaban J connectivity index is 1.39. The number of benzene rings is 1. The summed E-state index contributed by atoms with van der Waals surface area (Å²) in [5.74, 6) is -0.0804. The van der Waals surface area contributed by atoms with Crippen molar-refractivity contribution >= 4 is 61.2 Å². The normalized spacial score (nSPS) is 16.8. The second-order valence-corrected chi connectivity index (χ2v) is 9.78. The lowest BCUT2D eigenvalue weighted by Crippen LogP contribution is -2.40. The first kappa shape index (κ1) is 18.8. The molecule has 1 amide bonds. The van der Waals surface area contributed by atoms with E-state index in [0.29, 0.717) is 23.3 Å². The van der Waals surface area contributed by atoms with Gasteiger partial charge < -0.3 is 15.3 Å². The second-order valence-electron chi connectivity index (χ2n) is 6.94. The number of amides is 1. The maximum atomic E-state index is 12.9. The first-order chi connectivity index (χ1) is 14.1. The Bertz CT molecular complexity index is 1240. The zero-order chi connectivity index (χ0) is 20.0. The molecule has 3 N–H and O–H groups in total. The quantitative estimate of drug-likeness (QED) is 0.399. The van der Waals surface area contributed by atoms with Crippen molar-refractivity contribution in [3.05, 3.63) is 71.4 Å². The Labute approximate surface area is 182 Å². The molecule has 1 aromatic carbocycles. The molecule has 1 atom stereocenters. The number of carbonyl (C=O) groups is 1. The average Bonchev–Trinajstić information content (AvgIpc) is 3.42. The molecule has 0 saturated carbocycles. The predicted octanol–water partition coefficient (Wildman–Crippen LogP) is 4.33. The average molecular weight is 489 g/mol. The van der Waals surface area contributed by atoms with Gasteiger partial charge in [-0.15, -0.1) is 22.7 Å². The molecular weight excluding hydrogens is 472 g/mol. The van der Waals surface area contributed by atoms with E-state index in [-0.39, 0.29) is 17.6 Å². The summed E-state index contributed by atoms with van der Waals surface area (Å²) in [6.07, 6.45) is 0.961. The van der Waals surface area contributed by atoms with E-state index in [2.05, 4.69) is 65.1 Å². The zero-order valence-electron chi connectivity index (χ0n) is 15.2. The third-order valence-electron chi connectivity index (χ3n) is 5.10. The summed E-state index contributed by atoms with van der Waals surface area (Å²) in [7, 11) is 0. The summed E-state index contributed by atoms with van der Waals surface area (Å²) in [6, 6.07) is 10.0. The third-order valence-corrected chi connectivity index (χ3v) is 7.68. The van der Waals surface area contributed by atoms with Gasteiger partial charge in [-0.3, -0.25) is 9.69 Å². The molecule has 5 rings (SSSR count). The van der Waals surface area contributed by atoms with Crippen LogP contribution in [0.25, 0.3) is 11.0 Å². The van der Waals surface area contributed by atoms with E-state index in [1.165, 1.54) is 15.3 Å². The Kier molecular flexibility index (Phi) is 4.91. The van der Waals surface area contributed by atoms with Crippen LogP contribution in [-0.4, -0.2) is 33.9 Å². The highest BCUT2D eigenvalue weighted by atomic mass is 79.9. The van der Waals surface area contributed by atoms with E-state index in [4.69, 9.17) is 0 Å². The molecule has 0 fully saturated rings. The van der Waals surface area contributed by atoms with Gasteiger partial charge in [-0.25, -0.2) is 4.79 Å². The molecule has 9 heteroatoms. The fourth-order valence-electron chi connectivity index (χ4n) is 3.84. The van der Waals surface area contributed by atoms with Crippen LogP contribution < -0.4 is 11.0 Å². The number of hydrogen-bond acceptors (Lipinski definition) is 5. The summed E-state index contributed by atoms with van der Waals surface area (Å²) in [5.41, 5.74) is 3.03. The summed E-state index contributed by atoms with van der Waals surface area (Å²) in [5, 5.41) is 7.20. The lowest BCUT2D eigenvalue weighted by atomic mass is 9.98. The van der Waals surface area contributed by atoms with Gasteiger partial charge in [0.15, 0.2) is 0 Å². The molecule has 4 aromatic rings. The van der Waals surface area contributed by atoms with Crippen molar-refractivity contribution in [1.29, 1.82) is 0 Å². The van der Waals surface area contributed by atoms with Crippen molar-refractivity contribution in [2.45, 2.75) is 12.5 Å². The molecule has 1 aliphatic heterocycles. The summed E-state index contributed by atoms with van der Waals surface area (Å²) < 4.78 is 0.724. The highest BCUT2D eigenvalue weighted by Gasteiger charge is 2.31. The Morgan fingerprint density at radius 3 is 2.83 bits per heavy atom. The van der Waals surface area contributed by atoms with Crippen LogP contribution in [0.3, 0.4) is 0 Å². The Morgan fingerprint density at radius 1 is 1.21 bits per heavy atom. The fourth-order valence-corrected chi connectivity index (χ4v) is 6.07. The van der Waals surface area contributed by atoms with Crippen molar-refractivity contribution in [2.75, 3.05) is 18.4 Å². The van der Waals surface area contributed by atoms with Crippen LogP contribution >= 0.6 is 38.6 Å². The number of halogens is 1. The maximum absolute atomic E-state index is 12.9. The number of fused-ring (bicyclic) bond motifs is 2. The van der Waals surface area contributed by atoms with Gasteiger partial charge in [0.2, 0.25) is 5.91 Å². The minimum absolute atomic E-state index is 0.0804. The van der Waals surface area contributed by atoms with E-state index in [1.54, 1.807) is 34.8 Å². The molecule has 1 aliphatic rings. The number of carbonyl (C=O) groups excluding carboxylic acids is 1. The number of hydrogen-bond donors (Lipinski definition) is 3. The van der Waals surface area contributed by atoms with Crippen molar-refractivity contribution < 1.29 is 4.79 Å². The van der Waals surface area contributed by atoms with E-state index >= 15 is 0 Å². The standard InChI is InChI=1S/C20H17BrN4O2S2/c21-12-8-14-15(24-20(27)23-14)9-13(12)22-18(26)10-25-5-3-16-11(4-7-29-16)19(25)17-2-1-6-28-17/h1-2,4,6-9,19H,3,5,10H2,(H,22,26)(H2,23,24,27)/t19-/m1/s1. The molecule has 0 radical (unpaired) electrons. The van der Waals surface area contributed by atoms with Gasteiger partial charge in [-0.05, 0) is 62.9 Å². The van der Waals surface area contributed by atoms with Gasteiger partial charge in [0, 0.05) is 20.8 Å². The van der Waals surface area contributed by atoms with Crippen LogP contribution in [0.15, 0.2) is 50.4 Å². The van der Waals surface area contributed by atoms with Crippen LogP contribution in [0.1, 0.15) is 21.4 Å². The lowest BCUT2D eigenvalue weighted by molar-refractivity contribution is -0.117. The number of imidazole rings is 1. The molecule has 4 heterocycles. The molecule has 29 heavy (non-hydrogen) atoms. The molecule has 6 nitrogen and oxygen atoms in total. The van der Waals surface area contributed by atoms with Gasteiger partial charge >= 0.3 is 5.69 Å². The van der Waals surface area contributed by atoms with Crippen molar-refractivity contribution in [2.24, 2.45) is 0 Å².